The molecule has 0 aliphatic heterocycles. The van der Waals surface area contributed by atoms with Crippen LogP contribution in [0.15, 0.2) is 37.1 Å². The van der Waals surface area contributed by atoms with Crippen molar-refractivity contribution in [2.24, 2.45) is 5.92 Å². The smallest absolute Gasteiger partial charge is 0.172 e. The first-order chi connectivity index (χ1) is 13.4. The lowest BCUT2D eigenvalue weighted by Gasteiger charge is -2.20. The van der Waals surface area contributed by atoms with Crippen molar-refractivity contribution in [3.63, 3.8) is 0 Å². The van der Waals surface area contributed by atoms with E-state index >= 15 is 0 Å². The SMILES string of the molecule is C=Cc1cc(Nc2nc(NC(C(C)=O)C(C)C)cnc2C=O)ccc1C=CC. The first kappa shape index (κ1) is 21.0. The van der Waals surface area contributed by atoms with Gasteiger partial charge in [-0.1, -0.05) is 44.7 Å². The van der Waals surface area contributed by atoms with E-state index in [1.165, 1.54) is 13.1 Å². The van der Waals surface area contributed by atoms with E-state index in [0.29, 0.717) is 17.9 Å². The fraction of sp³-hybridized carbons (Fsp3) is 0.273. The lowest BCUT2D eigenvalue weighted by Crippen LogP contribution is -2.33. The summed E-state index contributed by atoms with van der Waals surface area (Å²) in [5.41, 5.74) is 2.94. The number of aromatic nitrogens is 2. The Balaban J connectivity index is 2.35. The minimum Gasteiger partial charge on any atom is -0.359 e. The lowest BCUT2D eigenvalue weighted by atomic mass is 10.0. The van der Waals surface area contributed by atoms with Crippen molar-refractivity contribution < 1.29 is 9.59 Å². The number of rotatable bonds is 9. The third-order valence-electron chi connectivity index (χ3n) is 4.24. The van der Waals surface area contributed by atoms with Gasteiger partial charge >= 0.3 is 0 Å². The third kappa shape index (κ3) is 5.13. The van der Waals surface area contributed by atoms with Crippen LogP contribution in [0.1, 0.15) is 49.3 Å². The van der Waals surface area contributed by atoms with Gasteiger partial charge in [0.15, 0.2) is 17.9 Å². The van der Waals surface area contributed by atoms with Crippen molar-refractivity contribution >= 4 is 41.5 Å². The number of benzene rings is 1. The van der Waals surface area contributed by atoms with Crippen LogP contribution in [0.5, 0.6) is 0 Å². The standard InChI is InChI=1S/C22H26N4O2/c1-6-8-17-9-10-18(11-16(17)7-2)24-22-19(13-27)23-12-20(26-22)25-21(14(3)4)15(5)28/h6-14,21H,2H2,1,3-5H3,(H2,24,25,26). The van der Waals surface area contributed by atoms with E-state index in [-0.39, 0.29) is 23.4 Å². The van der Waals surface area contributed by atoms with Gasteiger partial charge in [0.2, 0.25) is 0 Å². The Bertz CT molecular complexity index is 903. The molecule has 0 saturated carbocycles. The quantitative estimate of drug-likeness (QED) is 0.614. The Labute approximate surface area is 165 Å². The molecule has 0 radical (unpaired) electrons. The van der Waals surface area contributed by atoms with Gasteiger partial charge in [-0.05, 0) is 43.0 Å². The van der Waals surface area contributed by atoms with Crippen LogP contribution in [0.2, 0.25) is 0 Å². The second-order valence-electron chi connectivity index (χ2n) is 6.76. The first-order valence-electron chi connectivity index (χ1n) is 9.15. The average Bonchev–Trinajstić information content (AvgIpc) is 2.67. The molecule has 6 heteroatoms. The van der Waals surface area contributed by atoms with Crippen LogP contribution in [-0.4, -0.2) is 28.1 Å². The molecule has 2 aromatic rings. The number of Topliss-reactive ketones (excluding diaryl/α,β-unsaturated/α-hetero) is 1. The number of nitrogens with one attached hydrogen (secondary N) is 2. The number of carbonyl (C=O) groups excluding carboxylic acids is 2. The summed E-state index contributed by atoms with van der Waals surface area (Å²) < 4.78 is 0. The van der Waals surface area contributed by atoms with E-state index in [4.69, 9.17) is 0 Å². The Kier molecular flexibility index (Phi) is 7.21. The maximum absolute atomic E-state index is 11.8. The largest absolute Gasteiger partial charge is 0.359 e. The summed E-state index contributed by atoms with van der Waals surface area (Å²) in [6.07, 6.45) is 7.82. The number of hydrogen-bond donors (Lipinski definition) is 2. The zero-order valence-electron chi connectivity index (χ0n) is 16.7. The van der Waals surface area contributed by atoms with Gasteiger partial charge < -0.3 is 10.6 Å². The monoisotopic (exact) mass is 378 g/mol. The van der Waals surface area contributed by atoms with Gasteiger partial charge in [0, 0.05) is 5.69 Å². The Hall–Kier alpha value is -3.28. The van der Waals surface area contributed by atoms with Crippen LogP contribution in [0.25, 0.3) is 12.2 Å². The van der Waals surface area contributed by atoms with Crippen molar-refractivity contribution in [2.45, 2.75) is 33.7 Å². The maximum Gasteiger partial charge on any atom is 0.172 e. The van der Waals surface area contributed by atoms with Gasteiger partial charge in [-0.3, -0.25) is 9.59 Å². The van der Waals surface area contributed by atoms with Crippen LogP contribution in [0.4, 0.5) is 17.3 Å². The summed E-state index contributed by atoms with van der Waals surface area (Å²) in [4.78, 5) is 31.8. The molecule has 0 aliphatic carbocycles. The zero-order chi connectivity index (χ0) is 20.7. The van der Waals surface area contributed by atoms with Crippen LogP contribution in [0, 0.1) is 5.92 Å². The highest BCUT2D eigenvalue weighted by Gasteiger charge is 2.19. The number of nitrogens with zero attached hydrogens (tertiary/aromatic N) is 2. The molecule has 1 aromatic carbocycles. The molecule has 2 rings (SSSR count). The molecule has 1 aromatic heterocycles. The predicted molar refractivity (Wildman–Crippen MR) is 115 cm³/mol. The first-order valence-corrected chi connectivity index (χ1v) is 9.15. The van der Waals surface area contributed by atoms with Gasteiger partial charge in [-0.15, -0.1) is 0 Å². The number of allylic oxidation sites excluding steroid dienone is 1. The van der Waals surface area contributed by atoms with E-state index in [1.807, 2.05) is 51.1 Å². The number of hydrogen-bond acceptors (Lipinski definition) is 6. The van der Waals surface area contributed by atoms with E-state index in [2.05, 4.69) is 27.2 Å². The molecule has 0 saturated heterocycles. The molecule has 0 fully saturated rings. The third-order valence-corrected chi connectivity index (χ3v) is 4.24. The average molecular weight is 378 g/mol. The van der Waals surface area contributed by atoms with Crippen LogP contribution >= 0.6 is 0 Å². The number of aldehydes is 1. The molecule has 1 unspecified atom stereocenters. The van der Waals surface area contributed by atoms with Crippen LogP contribution < -0.4 is 10.6 Å². The summed E-state index contributed by atoms with van der Waals surface area (Å²) in [6, 6.07) is 5.40. The van der Waals surface area contributed by atoms with E-state index in [9.17, 15) is 9.59 Å². The Morgan fingerprint density at radius 2 is 2.00 bits per heavy atom. The van der Waals surface area contributed by atoms with E-state index in [1.54, 1.807) is 6.08 Å². The van der Waals surface area contributed by atoms with E-state index < -0.39 is 0 Å². The lowest BCUT2D eigenvalue weighted by molar-refractivity contribution is -0.118. The maximum atomic E-state index is 11.8. The summed E-state index contributed by atoms with van der Waals surface area (Å²) in [7, 11) is 0. The molecule has 0 amide bonds. The zero-order valence-corrected chi connectivity index (χ0v) is 16.7. The summed E-state index contributed by atoms with van der Waals surface area (Å²) in [5, 5.41) is 6.24. The summed E-state index contributed by atoms with van der Waals surface area (Å²) in [5.74, 6) is 0.855. The second kappa shape index (κ2) is 9.60. The van der Waals surface area contributed by atoms with Crippen molar-refractivity contribution in [3.05, 3.63) is 53.9 Å². The fourth-order valence-corrected chi connectivity index (χ4v) is 2.84. The molecule has 0 spiro atoms. The van der Waals surface area contributed by atoms with Gasteiger partial charge in [0.1, 0.15) is 11.5 Å². The van der Waals surface area contributed by atoms with Crippen molar-refractivity contribution in [3.8, 4) is 0 Å². The number of anilines is 3. The van der Waals surface area contributed by atoms with Crippen molar-refractivity contribution in [1.82, 2.24) is 9.97 Å². The molecular weight excluding hydrogens is 352 g/mol. The normalized spacial score (nSPS) is 12.0. The van der Waals surface area contributed by atoms with Crippen LogP contribution in [-0.2, 0) is 4.79 Å². The number of carbonyl (C=O) groups is 2. The van der Waals surface area contributed by atoms with Gasteiger partial charge in [0.25, 0.3) is 0 Å². The fourth-order valence-electron chi connectivity index (χ4n) is 2.84. The van der Waals surface area contributed by atoms with Gasteiger partial charge in [0.05, 0.1) is 12.2 Å². The molecule has 0 bridgehead atoms. The molecule has 146 valence electrons. The van der Waals surface area contributed by atoms with Crippen molar-refractivity contribution in [1.29, 1.82) is 0 Å². The van der Waals surface area contributed by atoms with Gasteiger partial charge in [-0.2, -0.15) is 0 Å². The predicted octanol–water partition coefficient (Wildman–Crippen LogP) is 4.73. The molecule has 2 N–H and O–H groups in total. The van der Waals surface area contributed by atoms with Crippen LogP contribution in [0.3, 0.4) is 0 Å². The van der Waals surface area contributed by atoms with E-state index in [0.717, 1.165) is 16.8 Å². The van der Waals surface area contributed by atoms with Crippen molar-refractivity contribution in [2.75, 3.05) is 10.6 Å². The highest BCUT2D eigenvalue weighted by atomic mass is 16.1. The molecule has 28 heavy (non-hydrogen) atoms. The molecule has 1 atom stereocenters. The Morgan fingerprint density at radius 3 is 2.57 bits per heavy atom. The number of ketones is 1. The molecule has 0 aliphatic rings. The van der Waals surface area contributed by atoms with Gasteiger partial charge in [-0.25, -0.2) is 9.97 Å². The second-order valence-corrected chi connectivity index (χ2v) is 6.76. The highest BCUT2D eigenvalue weighted by molar-refractivity contribution is 5.85. The minimum absolute atomic E-state index is 0.0148. The Morgan fingerprint density at radius 1 is 1.25 bits per heavy atom. The highest BCUT2D eigenvalue weighted by Crippen LogP contribution is 2.23. The topological polar surface area (TPSA) is 84.0 Å². The minimum atomic E-state index is -0.378. The summed E-state index contributed by atoms with van der Waals surface area (Å²) >= 11 is 0. The summed E-state index contributed by atoms with van der Waals surface area (Å²) in [6.45, 7) is 11.2. The molecule has 1 heterocycles. The molecule has 6 nitrogen and oxygen atoms in total. The molecular formula is C22H26N4O2.